The lowest BCUT2D eigenvalue weighted by atomic mass is 9.88. The molecule has 162 valence electrons. The van der Waals surface area contributed by atoms with Crippen LogP contribution in [0.2, 0.25) is 0 Å². The number of aromatic nitrogens is 1. The van der Waals surface area contributed by atoms with E-state index in [1.165, 1.54) is 41.0 Å². The van der Waals surface area contributed by atoms with Crippen LogP contribution in [0.4, 0.5) is 9.52 Å². The molecule has 0 bridgehead atoms. The van der Waals surface area contributed by atoms with Gasteiger partial charge in [0.1, 0.15) is 17.7 Å². The van der Waals surface area contributed by atoms with Crippen molar-refractivity contribution in [1.82, 2.24) is 4.98 Å². The standard InChI is InChI=1S/C24H20FN3O3S/c25-17-10-11-19-21(12-17)32-24(27-19)28(23(30)15-6-2-1-3-7-15)26-13-16-14-31-20-9-5-4-8-18(20)22(16)29/h4-5,8-15H,1-3,6-7H2/b26-13+. The van der Waals surface area contributed by atoms with Crippen LogP contribution in [0.1, 0.15) is 37.7 Å². The van der Waals surface area contributed by atoms with Crippen LogP contribution in [-0.4, -0.2) is 17.1 Å². The fourth-order valence-electron chi connectivity index (χ4n) is 4.00. The number of hydrogen-bond donors (Lipinski definition) is 0. The molecule has 1 amide bonds. The highest BCUT2D eigenvalue weighted by molar-refractivity contribution is 7.22. The van der Waals surface area contributed by atoms with Gasteiger partial charge < -0.3 is 4.42 Å². The van der Waals surface area contributed by atoms with Crippen molar-refractivity contribution in [1.29, 1.82) is 0 Å². The summed E-state index contributed by atoms with van der Waals surface area (Å²) in [5.74, 6) is -0.682. The molecule has 2 aromatic heterocycles. The Labute approximate surface area is 187 Å². The van der Waals surface area contributed by atoms with E-state index in [2.05, 4.69) is 10.1 Å². The molecule has 0 atom stereocenters. The summed E-state index contributed by atoms with van der Waals surface area (Å²) in [6.07, 6.45) is 7.37. The predicted molar refractivity (Wildman–Crippen MR) is 124 cm³/mol. The summed E-state index contributed by atoms with van der Waals surface area (Å²) in [5.41, 5.74) is 1.08. The van der Waals surface area contributed by atoms with Gasteiger partial charge in [-0.25, -0.2) is 9.37 Å². The highest BCUT2D eigenvalue weighted by Crippen LogP contribution is 2.33. The number of hydrazone groups is 1. The number of carbonyl (C=O) groups is 1. The van der Waals surface area contributed by atoms with E-state index in [1.807, 2.05) is 0 Å². The second-order valence-electron chi connectivity index (χ2n) is 7.85. The number of para-hydroxylation sites is 1. The number of rotatable bonds is 4. The summed E-state index contributed by atoms with van der Waals surface area (Å²) >= 11 is 1.19. The van der Waals surface area contributed by atoms with Crippen LogP contribution >= 0.6 is 11.3 Å². The van der Waals surface area contributed by atoms with Gasteiger partial charge in [-0.2, -0.15) is 10.1 Å². The fraction of sp³-hybridized carbons (Fsp3) is 0.250. The number of fused-ring (bicyclic) bond motifs is 2. The fourth-order valence-corrected chi connectivity index (χ4v) is 4.96. The van der Waals surface area contributed by atoms with E-state index in [4.69, 9.17) is 4.42 Å². The molecule has 8 heteroatoms. The van der Waals surface area contributed by atoms with Crippen LogP contribution in [0.15, 0.2) is 63.0 Å². The smallest absolute Gasteiger partial charge is 0.252 e. The topological polar surface area (TPSA) is 75.8 Å². The number of benzene rings is 2. The van der Waals surface area contributed by atoms with E-state index in [-0.39, 0.29) is 28.6 Å². The Morgan fingerprint density at radius 3 is 2.84 bits per heavy atom. The van der Waals surface area contributed by atoms with E-state index in [0.717, 1.165) is 32.1 Å². The molecule has 5 rings (SSSR count). The Kier molecular flexibility index (Phi) is 5.53. The van der Waals surface area contributed by atoms with Crippen molar-refractivity contribution in [2.75, 3.05) is 5.01 Å². The molecule has 2 aromatic carbocycles. The quantitative estimate of drug-likeness (QED) is 0.305. The molecule has 0 radical (unpaired) electrons. The van der Waals surface area contributed by atoms with Crippen molar-refractivity contribution < 1.29 is 13.6 Å². The highest BCUT2D eigenvalue weighted by atomic mass is 32.1. The first-order valence-electron chi connectivity index (χ1n) is 10.5. The number of thiazole rings is 1. The average Bonchev–Trinajstić information content (AvgIpc) is 3.24. The van der Waals surface area contributed by atoms with Crippen LogP contribution in [0.25, 0.3) is 21.2 Å². The lowest BCUT2D eigenvalue weighted by molar-refractivity contribution is -0.123. The van der Waals surface area contributed by atoms with Gasteiger partial charge in [-0.15, -0.1) is 0 Å². The van der Waals surface area contributed by atoms with E-state index < -0.39 is 0 Å². The molecule has 1 aliphatic rings. The molecule has 0 saturated heterocycles. The zero-order chi connectivity index (χ0) is 22.1. The van der Waals surface area contributed by atoms with Gasteiger partial charge in [0.15, 0.2) is 0 Å². The first-order valence-corrected chi connectivity index (χ1v) is 11.4. The minimum absolute atomic E-state index is 0.155. The Hall–Kier alpha value is -3.39. The number of carbonyl (C=O) groups excluding carboxylic acids is 1. The predicted octanol–water partition coefficient (Wildman–Crippen LogP) is 5.49. The molecular weight excluding hydrogens is 429 g/mol. The van der Waals surface area contributed by atoms with Crippen LogP contribution < -0.4 is 10.4 Å². The van der Waals surface area contributed by atoms with Gasteiger partial charge in [0.2, 0.25) is 10.6 Å². The van der Waals surface area contributed by atoms with E-state index in [0.29, 0.717) is 26.3 Å². The molecule has 0 aliphatic heterocycles. The van der Waals surface area contributed by atoms with Gasteiger partial charge >= 0.3 is 0 Å². The lowest BCUT2D eigenvalue weighted by Crippen LogP contribution is -2.33. The molecule has 0 unspecified atom stereocenters. The van der Waals surface area contributed by atoms with Crippen molar-refractivity contribution in [2.24, 2.45) is 11.0 Å². The summed E-state index contributed by atoms with van der Waals surface area (Å²) in [7, 11) is 0. The molecule has 0 N–H and O–H groups in total. The van der Waals surface area contributed by atoms with Gasteiger partial charge in [0.05, 0.1) is 27.4 Å². The van der Waals surface area contributed by atoms with Crippen LogP contribution in [0, 0.1) is 11.7 Å². The third kappa shape index (κ3) is 3.93. The number of hydrogen-bond acceptors (Lipinski definition) is 6. The molecule has 4 aromatic rings. The third-order valence-corrected chi connectivity index (χ3v) is 6.70. The Morgan fingerprint density at radius 2 is 2.00 bits per heavy atom. The van der Waals surface area contributed by atoms with E-state index >= 15 is 0 Å². The largest absolute Gasteiger partial charge is 0.463 e. The van der Waals surface area contributed by atoms with Crippen LogP contribution in [-0.2, 0) is 4.79 Å². The van der Waals surface area contributed by atoms with Crippen molar-refractivity contribution >= 4 is 49.8 Å². The molecule has 2 heterocycles. The first kappa shape index (κ1) is 20.5. The number of nitrogens with zero attached hydrogens (tertiary/aromatic N) is 3. The Bertz CT molecular complexity index is 1390. The summed E-state index contributed by atoms with van der Waals surface area (Å²) in [4.78, 5) is 30.7. The Balaban J connectivity index is 1.55. The van der Waals surface area contributed by atoms with Crippen LogP contribution in [0.3, 0.4) is 0 Å². The van der Waals surface area contributed by atoms with Gasteiger partial charge in [-0.05, 0) is 43.2 Å². The maximum atomic E-state index is 13.7. The summed E-state index contributed by atoms with van der Waals surface area (Å²) in [6.45, 7) is 0. The van der Waals surface area contributed by atoms with Crippen molar-refractivity contribution in [3.8, 4) is 0 Å². The maximum absolute atomic E-state index is 13.7. The minimum Gasteiger partial charge on any atom is -0.463 e. The highest BCUT2D eigenvalue weighted by Gasteiger charge is 2.29. The number of anilines is 1. The van der Waals surface area contributed by atoms with Gasteiger partial charge in [0, 0.05) is 5.92 Å². The van der Waals surface area contributed by atoms with E-state index in [9.17, 15) is 14.0 Å². The van der Waals surface area contributed by atoms with Gasteiger partial charge in [-0.1, -0.05) is 42.7 Å². The molecule has 1 aliphatic carbocycles. The minimum atomic E-state index is -0.366. The normalized spacial score (nSPS) is 15.0. The van der Waals surface area contributed by atoms with Crippen molar-refractivity contribution in [3.63, 3.8) is 0 Å². The lowest BCUT2D eigenvalue weighted by Gasteiger charge is -2.24. The molecule has 1 fully saturated rings. The molecular formula is C24H20FN3O3S. The first-order chi connectivity index (χ1) is 15.6. The number of halogens is 1. The SMILES string of the molecule is O=C(C1CCCCC1)N(/N=C/c1coc2ccccc2c1=O)c1nc2ccc(F)cc2s1. The molecule has 32 heavy (non-hydrogen) atoms. The third-order valence-electron chi connectivity index (χ3n) is 5.70. The second kappa shape index (κ2) is 8.63. The monoisotopic (exact) mass is 449 g/mol. The summed E-state index contributed by atoms with van der Waals surface area (Å²) in [5, 5.41) is 6.43. The summed E-state index contributed by atoms with van der Waals surface area (Å²) in [6, 6.07) is 11.3. The van der Waals surface area contributed by atoms with E-state index in [1.54, 1.807) is 30.3 Å². The van der Waals surface area contributed by atoms with Crippen molar-refractivity contribution in [2.45, 2.75) is 32.1 Å². The van der Waals surface area contributed by atoms with Crippen molar-refractivity contribution in [3.05, 3.63) is 70.3 Å². The maximum Gasteiger partial charge on any atom is 0.252 e. The molecule has 1 saturated carbocycles. The van der Waals surface area contributed by atoms with Gasteiger partial charge in [-0.3, -0.25) is 9.59 Å². The molecule has 0 spiro atoms. The average molecular weight is 450 g/mol. The zero-order valence-corrected chi connectivity index (χ0v) is 18.0. The van der Waals surface area contributed by atoms with Crippen LogP contribution in [0.5, 0.6) is 0 Å². The summed E-state index contributed by atoms with van der Waals surface area (Å²) < 4.78 is 19.8. The molecule has 6 nitrogen and oxygen atoms in total. The Morgan fingerprint density at radius 1 is 1.19 bits per heavy atom. The zero-order valence-electron chi connectivity index (χ0n) is 17.2. The van der Waals surface area contributed by atoms with Gasteiger partial charge in [0.25, 0.3) is 5.91 Å². The second-order valence-corrected chi connectivity index (χ2v) is 8.86. The number of amides is 1.